The molecule has 1 saturated heterocycles. The van der Waals surface area contributed by atoms with Crippen molar-refractivity contribution in [2.75, 3.05) is 18.4 Å². The third kappa shape index (κ3) is 4.98. The number of hydrogen-bond donors (Lipinski definition) is 2. The Labute approximate surface area is 190 Å². The monoisotopic (exact) mass is 472 g/mol. The van der Waals surface area contributed by atoms with Crippen molar-refractivity contribution in [2.24, 2.45) is 0 Å². The van der Waals surface area contributed by atoms with Gasteiger partial charge in [-0.3, -0.25) is 9.59 Å². The van der Waals surface area contributed by atoms with Crippen molar-refractivity contribution in [3.8, 4) is 0 Å². The molecule has 2 heterocycles. The van der Waals surface area contributed by atoms with Crippen molar-refractivity contribution >= 4 is 49.1 Å². The van der Waals surface area contributed by atoms with Crippen LogP contribution in [0.15, 0.2) is 53.4 Å². The number of carbonyl (C=O) groups is 2. The van der Waals surface area contributed by atoms with Gasteiger partial charge in [0, 0.05) is 32.1 Å². The maximum atomic E-state index is 12.8. The molecule has 2 amide bonds. The Morgan fingerprint density at radius 1 is 1.16 bits per heavy atom. The topological polar surface area (TPSA) is 108 Å². The van der Waals surface area contributed by atoms with Crippen LogP contribution in [0.2, 0.25) is 0 Å². The minimum Gasteiger partial charge on any atom is -0.333 e. The summed E-state index contributed by atoms with van der Waals surface area (Å²) < 4.78 is 28.6. The van der Waals surface area contributed by atoms with Crippen molar-refractivity contribution in [1.29, 1.82) is 0 Å². The second-order valence-electron chi connectivity index (χ2n) is 7.62. The number of para-hydroxylation sites is 1. The van der Waals surface area contributed by atoms with Gasteiger partial charge in [-0.1, -0.05) is 12.1 Å². The van der Waals surface area contributed by atoms with E-state index in [2.05, 4.69) is 10.0 Å². The predicted molar refractivity (Wildman–Crippen MR) is 124 cm³/mol. The van der Waals surface area contributed by atoms with Crippen molar-refractivity contribution in [3.63, 3.8) is 0 Å². The van der Waals surface area contributed by atoms with E-state index in [-0.39, 0.29) is 35.7 Å². The van der Waals surface area contributed by atoms with E-state index in [1.54, 1.807) is 11.3 Å². The smallest absolute Gasteiger partial charge is 0.240 e. The number of sulfonamides is 1. The van der Waals surface area contributed by atoms with Gasteiger partial charge in [-0.15, -0.1) is 11.3 Å². The highest BCUT2D eigenvalue weighted by Gasteiger charge is 2.32. The number of anilines is 1. The Balaban J connectivity index is 1.36. The zero-order chi connectivity index (χ0) is 22.7. The van der Waals surface area contributed by atoms with Gasteiger partial charge in [-0.2, -0.15) is 0 Å². The molecule has 1 atom stereocenters. The van der Waals surface area contributed by atoms with E-state index in [1.807, 2.05) is 29.2 Å². The van der Waals surface area contributed by atoms with Gasteiger partial charge in [-0.25, -0.2) is 18.1 Å². The molecule has 0 bridgehead atoms. The number of nitrogens with one attached hydrogen (secondary N) is 2. The Hall–Kier alpha value is -2.82. The number of fused-ring (bicyclic) bond motifs is 1. The highest BCUT2D eigenvalue weighted by molar-refractivity contribution is 7.89. The van der Waals surface area contributed by atoms with Crippen LogP contribution >= 0.6 is 11.3 Å². The second kappa shape index (κ2) is 9.35. The summed E-state index contributed by atoms with van der Waals surface area (Å²) >= 11 is 1.60. The lowest BCUT2D eigenvalue weighted by molar-refractivity contribution is -0.132. The van der Waals surface area contributed by atoms with Crippen molar-refractivity contribution in [3.05, 3.63) is 53.5 Å². The van der Waals surface area contributed by atoms with E-state index in [4.69, 9.17) is 4.98 Å². The molecule has 2 aromatic carbocycles. The van der Waals surface area contributed by atoms with Gasteiger partial charge in [0.25, 0.3) is 0 Å². The van der Waals surface area contributed by atoms with Gasteiger partial charge < -0.3 is 10.2 Å². The van der Waals surface area contributed by atoms with Gasteiger partial charge in [-0.05, 0) is 49.2 Å². The molecule has 3 aromatic rings. The Morgan fingerprint density at radius 2 is 1.91 bits per heavy atom. The van der Waals surface area contributed by atoms with Crippen LogP contribution in [-0.2, 0) is 19.6 Å². The molecule has 2 N–H and O–H groups in total. The van der Waals surface area contributed by atoms with Crippen LogP contribution in [0, 0.1) is 0 Å². The molecule has 4 rings (SSSR count). The molecule has 1 unspecified atom stereocenters. The zero-order valence-corrected chi connectivity index (χ0v) is 19.2. The highest BCUT2D eigenvalue weighted by atomic mass is 32.2. The molecule has 32 heavy (non-hydrogen) atoms. The first-order valence-electron chi connectivity index (χ1n) is 10.4. The fourth-order valence-corrected chi connectivity index (χ4v) is 5.94. The number of carbonyl (C=O) groups excluding carboxylic acids is 2. The van der Waals surface area contributed by atoms with Crippen LogP contribution < -0.4 is 10.0 Å². The number of hydrogen-bond acceptors (Lipinski definition) is 6. The summed E-state index contributed by atoms with van der Waals surface area (Å²) in [5.74, 6) is -0.321. The van der Waals surface area contributed by atoms with E-state index >= 15 is 0 Å². The van der Waals surface area contributed by atoms with Crippen LogP contribution in [0.4, 0.5) is 5.69 Å². The number of nitrogens with zero attached hydrogens (tertiary/aromatic N) is 2. The maximum Gasteiger partial charge on any atom is 0.240 e. The molecule has 168 valence electrons. The lowest BCUT2D eigenvalue weighted by Crippen LogP contribution is -2.34. The first kappa shape index (κ1) is 22.4. The summed E-state index contributed by atoms with van der Waals surface area (Å²) in [6.45, 7) is 2.04. The normalized spacial score (nSPS) is 16.4. The summed E-state index contributed by atoms with van der Waals surface area (Å²) in [6.07, 6.45) is 1.83. The van der Waals surface area contributed by atoms with Gasteiger partial charge in [0.05, 0.1) is 21.2 Å². The van der Waals surface area contributed by atoms with Crippen molar-refractivity contribution in [1.82, 2.24) is 14.6 Å². The molecule has 1 fully saturated rings. The average Bonchev–Trinajstić information content (AvgIpc) is 3.40. The summed E-state index contributed by atoms with van der Waals surface area (Å²) in [6, 6.07) is 13.7. The molecular weight excluding hydrogens is 448 g/mol. The average molecular weight is 473 g/mol. The molecule has 1 aliphatic heterocycles. The molecule has 10 heteroatoms. The summed E-state index contributed by atoms with van der Waals surface area (Å²) in [5, 5.41) is 3.52. The Kier molecular flexibility index (Phi) is 6.54. The van der Waals surface area contributed by atoms with Crippen LogP contribution in [0.25, 0.3) is 10.2 Å². The molecule has 1 aliphatic rings. The van der Waals surface area contributed by atoms with Gasteiger partial charge >= 0.3 is 0 Å². The van der Waals surface area contributed by atoms with E-state index in [0.29, 0.717) is 12.2 Å². The molecule has 1 aromatic heterocycles. The highest BCUT2D eigenvalue weighted by Crippen LogP contribution is 2.36. The third-order valence-corrected chi connectivity index (χ3v) is 7.90. The second-order valence-corrected chi connectivity index (χ2v) is 10.4. The first-order chi connectivity index (χ1) is 15.3. The number of aromatic nitrogens is 1. The van der Waals surface area contributed by atoms with Gasteiger partial charge in [0.2, 0.25) is 21.8 Å². The number of amides is 2. The van der Waals surface area contributed by atoms with E-state index in [0.717, 1.165) is 28.1 Å². The molecule has 0 aliphatic carbocycles. The molecule has 0 radical (unpaired) electrons. The maximum absolute atomic E-state index is 12.8. The fourth-order valence-electron chi connectivity index (χ4n) is 3.79. The Morgan fingerprint density at radius 3 is 2.62 bits per heavy atom. The minimum atomic E-state index is -3.75. The van der Waals surface area contributed by atoms with Crippen molar-refractivity contribution in [2.45, 2.75) is 37.1 Å². The molecule has 0 spiro atoms. The lowest BCUT2D eigenvalue weighted by atomic mass is 10.2. The first-order valence-corrected chi connectivity index (χ1v) is 12.7. The lowest BCUT2D eigenvalue weighted by Gasteiger charge is -2.23. The summed E-state index contributed by atoms with van der Waals surface area (Å²) in [4.78, 5) is 30.5. The predicted octanol–water partition coefficient (Wildman–Crippen LogP) is 3.29. The molecular formula is C22H24N4O4S2. The van der Waals surface area contributed by atoms with Crippen molar-refractivity contribution < 1.29 is 18.0 Å². The largest absolute Gasteiger partial charge is 0.333 e. The van der Waals surface area contributed by atoms with Gasteiger partial charge in [0.1, 0.15) is 5.01 Å². The molecule has 0 saturated carbocycles. The van der Waals surface area contributed by atoms with Crippen LogP contribution in [0.1, 0.15) is 37.2 Å². The summed E-state index contributed by atoms with van der Waals surface area (Å²) in [7, 11) is -3.75. The van der Waals surface area contributed by atoms with Crippen LogP contribution in [0.5, 0.6) is 0 Å². The zero-order valence-electron chi connectivity index (χ0n) is 17.6. The van der Waals surface area contributed by atoms with E-state index < -0.39 is 10.0 Å². The Bertz CT molecular complexity index is 1210. The number of benzene rings is 2. The SMILES string of the molecule is CC(=O)Nc1ccc(S(=O)(=O)NCCC(=O)N2CCCC2c2nc3ccccc3s2)cc1. The number of rotatable bonds is 7. The van der Waals surface area contributed by atoms with Gasteiger partial charge in [0.15, 0.2) is 0 Å². The van der Waals surface area contributed by atoms with E-state index in [1.165, 1.54) is 31.2 Å². The number of thiazole rings is 1. The van der Waals surface area contributed by atoms with E-state index in [9.17, 15) is 18.0 Å². The molecule has 8 nitrogen and oxygen atoms in total. The third-order valence-electron chi connectivity index (χ3n) is 5.28. The fraction of sp³-hybridized carbons (Fsp3) is 0.318. The van der Waals surface area contributed by atoms with Crippen LogP contribution in [-0.4, -0.2) is 43.2 Å². The quantitative estimate of drug-likeness (QED) is 0.549. The number of likely N-dealkylation sites (tertiary alicyclic amines) is 1. The standard InChI is InChI=1S/C22H24N4O4S2/c1-15(27)24-16-8-10-17(11-9-16)32(29,30)23-13-12-21(28)26-14-4-6-19(26)22-25-18-5-2-3-7-20(18)31-22/h2-3,5,7-11,19,23H,4,6,12-14H2,1H3,(H,24,27). The summed E-state index contributed by atoms with van der Waals surface area (Å²) in [5.41, 5.74) is 1.45. The minimum absolute atomic E-state index is 0.0116. The van der Waals surface area contributed by atoms with Crippen LogP contribution in [0.3, 0.4) is 0 Å².